The molecule has 1 N–H and O–H groups in total. The molecule has 0 saturated heterocycles. The predicted molar refractivity (Wildman–Crippen MR) is 134 cm³/mol. The molecule has 0 fully saturated rings. The summed E-state index contributed by atoms with van der Waals surface area (Å²) in [4.78, 5) is 12.3. The lowest BCUT2D eigenvalue weighted by Crippen LogP contribution is -2.24. The molecule has 0 aliphatic carbocycles. The van der Waals surface area contributed by atoms with Gasteiger partial charge in [0, 0.05) is 11.5 Å². The molecule has 168 valence electrons. The zero-order valence-corrected chi connectivity index (χ0v) is 18.5. The molecule has 34 heavy (non-hydrogen) atoms. The first-order chi connectivity index (χ1) is 16.7. The monoisotopic (exact) mass is 448 g/mol. The topological polar surface area (TPSA) is 59.7 Å². The minimum atomic E-state index is -0.484. The van der Waals surface area contributed by atoms with E-state index >= 15 is 0 Å². The SMILES string of the molecule is O=c1c(-c2ccccc2)coc2ccccc12.OC1c2ccccc2OCC1c1ccccc1. The smallest absolute Gasteiger partial charge is 0.200 e. The van der Waals surface area contributed by atoms with Gasteiger partial charge in [-0.25, -0.2) is 0 Å². The highest BCUT2D eigenvalue weighted by Gasteiger charge is 2.29. The highest BCUT2D eigenvalue weighted by Crippen LogP contribution is 2.40. The van der Waals surface area contributed by atoms with Gasteiger partial charge in [0.25, 0.3) is 0 Å². The van der Waals surface area contributed by atoms with Crippen molar-refractivity contribution in [3.05, 3.63) is 137 Å². The maximum Gasteiger partial charge on any atom is 0.200 e. The third-order valence-corrected chi connectivity index (χ3v) is 6.03. The largest absolute Gasteiger partial charge is 0.492 e. The van der Waals surface area contributed by atoms with Crippen LogP contribution < -0.4 is 10.2 Å². The molecule has 2 unspecified atom stereocenters. The van der Waals surface area contributed by atoms with Crippen molar-refractivity contribution in [1.82, 2.24) is 0 Å². The van der Waals surface area contributed by atoms with E-state index in [2.05, 4.69) is 0 Å². The fourth-order valence-corrected chi connectivity index (χ4v) is 4.22. The van der Waals surface area contributed by atoms with Crippen LogP contribution in [0.4, 0.5) is 0 Å². The molecular formula is C30H24O4. The van der Waals surface area contributed by atoms with Crippen molar-refractivity contribution in [2.75, 3.05) is 6.61 Å². The van der Waals surface area contributed by atoms with Crippen LogP contribution in [0.5, 0.6) is 5.75 Å². The van der Waals surface area contributed by atoms with E-state index in [-0.39, 0.29) is 11.3 Å². The van der Waals surface area contributed by atoms with Crippen molar-refractivity contribution in [2.24, 2.45) is 0 Å². The molecule has 4 nitrogen and oxygen atoms in total. The molecule has 0 spiro atoms. The van der Waals surface area contributed by atoms with Gasteiger partial charge in [-0.15, -0.1) is 0 Å². The van der Waals surface area contributed by atoms with Crippen molar-refractivity contribution < 1.29 is 14.3 Å². The van der Waals surface area contributed by atoms with E-state index in [4.69, 9.17) is 9.15 Å². The molecule has 0 amide bonds. The van der Waals surface area contributed by atoms with Crippen LogP contribution in [0, 0.1) is 0 Å². The number of hydrogen-bond donors (Lipinski definition) is 1. The summed E-state index contributed by atoms with van der Waals surface area (Å²) in [6, 6.07) is 34.5. The summed E-state index contributed by atoms with van der Waals surface area (Å²) in [6.07, 6.45) is 1.04. The van der Waals surface area contributed by atoms with Gasteiger partial charge in [0.1, 0.15) is 17.6 Å². The Kier molecular flexibility index (Phi) is 6.23. The lowest BCUT2D eigenvalue weighted by molar-refractivity contribution is 0.0889. The van der Waals surface area contributed by atoms with Gasteiger partial charge in [-0.05, 0) is 29.3 Å². The van der Waals surface area contributed by atoms with Gasteiger partial charge in [0.2, 0.25) is 0 Å². The summed E-state index contributed by atoms with van der Waals surface area (Å²) in [5.74, 6) is 0.818. The van der Waals surface area contributed by atoms with E-state index in [1.165, 1.54) is 6.26 Å². The number of aliphatic hydroxyl groups is 1. The zero-order valence-electron chi connectivity index (χ0n) is 18.5. The van der Waals surface area contributed by atoms with Crippen molar-refractivity contribution in [1.29, 1.82) is 0 Å². The Hall–Kier alpha value is -4.15. The van der Waals surface area contributed by atoms with Crippen LogP contribution in [-0.2, 0) is 0 Å². The van der Waals surface area contributed by atoms with Gasteiger partial charge in [0.05, 0.1) is 23.7 Å². The van der Waals surface area contributed by atoms with Gasteiger partial charge in [-0.2, -0.15) is 0 Å². The van der Waals surface area contributed by atoms with Crippen LogP contribution >= 0.6 is 0 Å². The molecule has 4 aromatic carbocycles. The number of hydrogen-bond acceptors (Lipinski definition) is 4. The number of ether oxygens (including phenoxy) is 1. The van der Waals surface area contributed by atoms with Gasteiger partial charge in [0.15, 0.2) is 5.43 Å². The minimum absolute atomic E-state index is 0.0121. The number of benzene rings is 4. The predicted octanol–water partition coefficient (Wildman–Crippen LogP) is 6.36. The molecular weight excluding hydrogens is 424 g/mol. The Morgan fingerprint density at radius 3 is 2.18 bits per heavy atom. The summed E-state index contributed by atoms with van der Waals surface area (Å²) < 4.78 is 11.2. The standard InChI is InChI=1S/C15H14O2.C15H10O2/c2*16-15-12-8-4-5-9-14(12)17-10-13(15)11-6-2-1-3-7-11/h1-9,13,15-16H,10H2;1-10H. The van der Waals surface area contributed by atoms with Crippen molar-refractivity contribution in [3.63, 3.8) is 0 Å². The maximum absolute atomic E-state index is 12.3. The second kappa shape index (κ2) is 9.77. The highest BCUT2D eigenvalue weighted by atomic mass is 16.5. The number of para-hydroxylation sites is 2. The highest BCUT2D eigenvalue weighted by molar-refractivity contribution is 5.81. The van der Waals surface area contributed by atoms with Crippen LogP contribution in [0.1, 0.15) is 23.1 Å². The lowest BCUT2D eigenvalue weighted by atomic mass is 9.88. The molecule has 0 saturated carbocycles. The zero-order chi connectivity index (χ0) is 23.3. The fourth-order valence-electron chi connectivity index (χ4n) is 4.22. The normalized spacial score (nSPS) is 16.6. The summed E-state index contributed by atoms with van der Waals surface area (Å²) in [6.45, 7) is 0.530. The fraction of sp³-hybridized carbons (Fsp3) is 0.100. The van der Waals surface area contributed by atoms with Crippen molar-refractivity contribution >= 4 is 11.0 Å². The Labute approximate surface area is 197 Å². The number of aliphatic hydroxyl groups excluding tert-OH is 1. The van der Waals surface area contributed by atoms with E-state index in [1.54, 1.807) is 12.1 Å². The average molecular weight is 449 g/mol. The quantitative estimate of drug-likeness (QED) is 0.342. The van der Waals surface area contributed by atoms with Gasteiger partial charge >= 0.3 is 0 Å². The van der Waals surface area contributed by atoms with Crippen molar-refractivity contribution in [2.45, 2.75) is 12.0 Å². The minimum Gasteiger partial charge on any atom is -0.492 e. The molecule has 1 aromatic heterocycles. The first-order valence-corrected chi connectivity index (χ1v) is 11.2. The summed E-state index contributed by atoms with van der Waals surface area (Å²) in [7, 11) is 0. The Morgan fingerprint density at radius 1 is 0.735 bits per heavy atom. The maximum atomic E-state index is 12.3. The second-order valence-electron chi connectivity index (χ2n) is 8.15. The van der Waals surface area contributed by atoms with Gasteiger partial charge < -0.3 is 14.3 Å². The van der Waals surface area contributed by atoms with E-state index in [0.29, 0.717) is 23.1 Å². The van der Waals surface area contributed by atoms with E-state index in [0.717, 1.165) is 22.4 Å². The van der Waals surface area contributed by atoms with Crippen LogP contribution in [0.25, 0.3) is 22.1 Å². The molecule has 5 aromatic rings. The summed E-state index contributed by atoms with van der Waals surface area (Å²) in [5.41, 5.74) is 4.12. The van der Waals surface area contributed by atoms with Crippen LogP contribution in [0.3, 0.4) is 0 Å². The summed E-state index contributed by atoms with van der Waals surface area (Å²) in [5, 5.41) is 11.0. The third kappa shape index (κ3) is 4.36. The Bertz CT molecular complexity index is 1440. The summed E-state index contributed by atoms with van der Waals surface area (Å²) >= 11 is 0. The molecule has 4 heteroatoms. The molecule has 0 radical (unpaired) electrons. The number of rotatable bonds is 2. The second-order valence-corrected chi connectivity index (χ2v) is 8.15. The molecule has 6 rings (SSSR count). The molecule has 0 bridgehead atoms. The Balaban J connectivity index is 0.000000142. The number of fused-ring (bicyclic) bond motifs is 2. The Morgan fingerprint density at radius 2 is 1.38 bits per heavy atom. The van der Waals surface area contributed by atoms with Gasteiger partial charge in [-0.1, -0.05) is 91.0 Å². The average Bonchev–Trinajstić information content (AvgIpc) is 2.91. The molecule has 1 aliphatic rings. The molecule has 1 aliphatic heterocycles. The third-order valence-electron chi connectivity index (χ3n) is 6.03. The first kappa shape index (κ1) is 21.7. The van der Waals surface area contributed by atoms with E-state index in [9.17, 15) is 9.90 Å². The van der Waals surface area contributed by atoms with Crippen LogP contribution in [0.2, 0.25) is 0 Å². The lowest BCUT2D eigenvalue weighted by Gasteiger charge is -2.30. The van der Waals surface area contributed by atoms with E-state index in [1.807, 2.05) is 97.1 Å². The van der Waals surface area contributed by atoms with Gasteiger partial charge in [-0.3, -0.25) is 4.79 Å². The molecule has 2 atom stereocenters. The first-order valence-electron chi connectivity index (χ1n) is 11.2. The van der Waals surface area contributed by atoms with Crippen molar-refractivity contribution in [3.8, 4) is 16.9 Å². The van der Waals surface area contributed by atoms with Crippen LogP contribution in [0.15, 0.2) is 125 Å². The van der Waals surface area contributed by atoms with Crippen LogP contribution in [-0.4, -0.2) is 11.7 Å². The van der Waals surface area contributed by atoms with E-state index < -0.39 is 6.10 Å². The molecule has 2 heterocycles.